The number of aryl methyl sites for hydroxylation is 1. The highest BCUT2D eigenvalue weighted by atomic mass is 16.5. The molecule has 0 saturated carbocycles. The van der Waals surface area contributed by atoms with Crippen LogP contribution in [-0.2, 0) is 4.74 Å². The van der Waals surface area contributed by atoms with Gasteiger partial charge in [-0.25, -0.2) is 0 Å². The minimum Gasteiger partial charge on any atom is -0.379 e. The van der Waals surface area contributed by atoms with Gasteiger partial charge in [0.2, 0.25) is 0 Å². The molecule has 1 N–H and O–H groups in total. The van der Waals surface area contributed by atoms with Gasteiger partial charge in [0, 0.05) is 19.0 Å². The normalized spacial score (nSPS) is 12.7. The highest BCUT2D eigenvalue weighted by molar-refractivity contribution is 5.20. The Bertz CT molecular complexity index is 289. The predicted molar refractivity (Wildman–Crippen MR) is 61.9 cm³/mol. The summed E-state index contributed by atoms with van der Waals surface area (Å²) in [4.78, 5) is 4.19. The van der Waals surface area contributed by atoms with Crippen molar-refractivity contribution in [1.29, 1.82) is 0 Å². The van der Waals surface area contributed by atoms with Crippen molar-refractivity contribution in [3.63, 3.8) is 0 Å². The molecule has 84 valence electrons. The van der Waals surface area contributed by atoms with Crippen molar-refractivity contribution >= 4 is 0 Å². The number of ether oxygens (including phenoxy) is 1. The number of hydrogen-bond acceptors (Lipinski definition) is 3. The molecule has 1 aromatic heterocycles. The molecule has 0 bridgehead atoms. The molecule has 0 aliphatic carbocycles. The Hall–Kier alpha value is -0.930. The lowest BCUT2D eigenvalue weighted by molar-refractivity contribution is 0.114. The van der Waals surface area contributed by atoms with Crippen LogP contribution in [0, 0.1) is 6.92 Å². The highest BCUT2D eigenvalue weighted by Gasteiger charge is 2.09. The van der Waals surface area contributed by atoms with Crippen molar-refractivity contribution in [2.75, 3.05) is 20.3 Å². The standard InChI is InChI=1S/C12H20N2O/c1-4-5-15-9-12(13-3)11-6-10(2)7-14-8-11/h6-8,12-13H,4-5,9H2,1-3H3. The fourth-order valence-electron chi connectivity index (χ4n) is 1.46. The number of nitrogens with zero attached hydrogens (tertiary/aromatic N) is 1. The summed E-state index contributed by atoms with van der Waals surface area (Å²) in [5.74, 6) is 0. The van der Waals surface area contributed by atoms with Crippen LogP contribution in [0.5, 0.6) is 0 Å². The van der Waals surface area contributed by atoms with E-state index in [0.717, 1.165) is 13.0 Å². The van der Waals surface area contributed by atoms with Gasteiger partial charge in [-0.3, -0.25) is 4.98 Å². The van der Waals surface area contributed by atoms with Gasteiger partial charge in [0.25, 0.3) is 0 Å². The first-order chi connectivity index (χ1) is 7.27. The second kappa shape index (κ2) is 6.53. The molecule has 3 heteroatoms. The number of aromatic nitrogens is 1. The molecule has 0 spiro atoms. The summed E-state index contributed by atoms with van der Waals surface area (Å²) in [7, 11) is 1.95. The SMILES string of the molecule is CCCOCC(NC)c1cncc(C)c1. The molecule has 3 nitrogen and oxygen atoms in total. The van der Waals surface area contributed by atoms with Crippen LogP contribution in [0.15, 0.2) is 18.5 Å². The first-order valence-corrected chi connectivity index (χ1v) is 5.44. The Labute approximate surface area is 91.9 Å². The lowest BCUT2D eigenvalue weighted by Gasteiger charge is -2.16. The van der Waals surface area contributed by atoms with Gasteiger partial charge in [-0.1, -0.05) is 13.0 Å². The van der Waals surface area contributed by atoms with Crippen molar-refractivity contribution < 1.29 is 4.74 Å². The second-order valence-electron chi connectivity index (χ2n) is 3.71. The van der Waals surface area contributed by atoms with E-state index >= 15 is 0 Å². The summed E-state index contributed by atoms with van der Waals surface area (Å²) in [6, 6.07) is 2.38. The van der Waals surface area contributed by atoms with E-state index in [0.29, 0.717) is 6.61 Å². The van der Waals surface area contributed by atoms with Gasteiger partial charge in [0.1, 0.15) is 0 Å². The molecule has 1 heterocycles. The van der Waals surface area contributed by atoms with Crippen molar-refractivity contribution in [3.05, 3.63) is 29.6 Å². The molecular weight excluding hydrogens is 188 g/mol. The van der Waals surface area contributed by atoms with Crippen LogP contribution in [0.1, 0.15) is 30.5 Å². The zero-order valence-corrected chi connectivity index (χ0v) is 9.79. The van der Waals surface area contributed by atoms with Crippen molar-refractivity contribution in [1.82, 2.24) is 10.3 Å². The maximum absolute atomic E-state index is 5.54. The van der Waals surface area contributed by atoms with E-state index in [4.69, 9.17) is 4.74 Å². The predicted octanol–water partition coefficient (Wildman–Crippen LogP) is 2.08. The summed E-state index contributed by atoms with van der Waals surface area (Å²) < 4.78 is 5.54. The van der Waals surface area contributed by atoms with E-state index in [1.165, 1.54) is 11.1 Å². The molecule has 0 aromatic carbocycles. The van der Waals surface area contributed by atoms with Crippen LogP contribution in [0.2, 0.25) is 0 Å². The van der Waals surface area contributed by atoms with Gasteiger partial charge in [0.15, 0.2) is 0 Å². The Morgan fingerprint density at radius 1 is 1.47 bits per heavy atom. The van der Waals surface area contributed by atoms with Gasteiger partial charge in [-0.2, -0.15) is 0 Å². The molecule has 0 aliphatic heterocycles. The number of rotatable bonds is 6. The van der Waals surface area contributed by atoms with Crippen molar-refractivity contribution in [2.24, 2.45) is 0 Å². The van der Waals surface area contributed by atoms with E-state index in [2.05, 4.69) is 30.2 Å². The van der Waals surface area contributed by atoms with Crippen LogP contribution < -0.4 is 5.32 Å². The van der Waals surface area contributed by atoms with Crippen LogP contribution in [0.4, 0.5) is 0 Å². The van der Waals surface area contributed by atoms with Crippen LogP contribution >= 0.6 is 0 Å². The minimum atomic E-state index is 0.240. The minimum absolute atomic E-state index is 0.240. The largest absolute Gasteiger partial charge is 0.379 e. The summed E-state index contributed by atoms with van der Waals surface area (Å²) in [5, 5.41) is 3.24. The van der Waals surface area contributed by atoms with E-state index in [-0.39, 0.29) is 6.04 Å². The molecule has 0 aliphatic rings. The van der Waals surface area contributed by atoms with Crippen molar-refractivity contribution in [2.45, 2.75) is 26.3 Å². The molecule has 15 heavy (non-hydrogen) atoms. The Balaban J connectivity index is 2.57. The Morgan fingerprint density at radius 2 is 2.27 bits per heavy atom. The fraction of sp³-hybridized carbons (Fsp3) is 0.583. The third kappa shape index (κ3) is 3.98. The molecule has 1 unspecified atom stereocenters. The molecule has 1 atom stereocenters. The van der Waals surface area contributed by atoms with Crippen LogP contribution in [0.3, 0.4) is 0 Å². The van der Waals surface area contributed by atoms with E-state index in [1.807, 2.05) is 19.4 Å². The zero-order chi connectivity index (χ0) is 11.1. The van der Waals surface area contributed by atoms with E-state index in [9.17, 15) is 0 Å². The monoisotopic (exact) mass is 208 g/mol. The smallest absolute Gasteiger partial charge is 0.0661 e. The Kier molecular flexibility index (Phi) is 5.29. The third-order valence-corrected chi connectivity index (χ3v) is 2.28. The van der Waals surface area contributed by atoms with Gasteiger partial charge < -0.3 is 10.1 Å². The summed E-state index contributed by atoms with van der Waals surface area (Å²) in [6.45, 7) is 5.69. The first-order valence-electron chi connectivity index (χ1n) is 5.44. The van der Waals surface area contributed by atoms with Crippen LogP contribution in [0.25, 0.3) is 0 Å². The number of hydrogen-bond donors (Lipinski definition) is 1. The number of likely N-dealkylation sites (N-methyl/N-ethyl adjacent to an activating group) is 1. The van der Waals surface area contributed by atoms with Gasteiger partial charge in [0.05, 0.1) is 12.6 Å². The second-order valence-corrected chi connectivity index (χ2v) is 3.71. The summed E-state index contributed by atoms with van der Waals surface area (Å²) in [5.41, 5.74) is 2.37. The molecule has 0 amide bonds. The van der Waals surface area contributed by atoms with E-state index in [1.54, 1.807) is 0 Å². The molecule has 0 fully saturated rings. The molecule has 1 aromatic rings. The Morgan fingerprint density at radius 3 is 2.87 bits per heavy atom. The summed E-state index contributed by atoms with van der Waals surface area (Å²) in [6.07, 6.45) is 4.81. The third-order valence-electron chi connectivity index (χ3n) is 2.28. The van der Waals surface area contributed by atoms with Gasteiger partial charge in [-0.05, 0) is 31.5 Å². The quantitative estimate of drug-likeness (QED) is 0.727. The topological polar surface area (TPSA) is 34.1 Å². The molecule has 0 saturated heterocycles. The number of nitrogens with one attached hydrogen (secondary N) is 1. The maximum atomic E-state index is 5.54. The van der Waals surface area contributed by atoms with E-state index < -0.39 is 0 Å². The summed E-state index contributed by atoms with van der Waals surface area (Å²) >= 11 is 0. The molecular formula is C12H20N2O. The molecule has 0 radical (unpaired) electrons. The van der Waals surface area contributed by atoms with Gasteiger partial charge in [-0.15, -0.1) is 0 Å². The lowest BCUT2D eigenvalue weighted by atomic mass is 10.1. The highest BCUT2D eigenvalue weighted by Crippen LogP contribution is 2.12. The van der Waals surface area contributed by atoms with Crippen molar-refractivity contribution in [3.8, 4) is 0 Å². The number of pyridine rings is 1. The lowest BCUT2D eigenvalue weighted by Crippen LogP contribution is -2.22. The fourth-order valence-corrected chi connectivity index (χ4v) is 1.46. The molecule has 1 rings (SSSR count). The van der Waals surface area contributed by atoms with Crippen LogP contribution in [-0.4, -0.2) is 25.2 Å². The average Bonchev–Trinajstić information content (AvgIpc) is 2.24. The first kappa shape index (κ1) is 12.1. The average molecular weight is 208 g/mol. The van der Waals surface area contributed by atoms with Gasteiger partial charge >= 0.3 is 0 Å². The zero-order valence-electron chi connectivity index (χ0n) is 9.79. The maximum Gasteiger partial charge on any atom is 0.0661 e.